The van der Waals surface area contributed by atoms with Crippen molar-refractivity contribution in [1.29, 1.82) is 0 Å². The number of pyridine rings is 1. The molecule has 0 spiro atoms. The van der Waals surface area contributed by atoms with Crippen LogP contribution in [-0.4, -0.2) is 53.0 Å². The van der Waals surface area contributed by atoms with Crippen LogP contribution in [0.25, 0.3) is 0 Å². The summed E-state index contributed by atoms with van der Waals surface area (Å²) in [5.74, 6) is 0.996. The Morgan fingerprint density at radius 1 is 1.37 bits per heavy atom. The Kier molecular flexibility index (Phi) is 6.50. The number of amides is 2. The zero-order valence-electron chi connectivity index (χ0n) is 16.5. The second-order valence-electron chi connectivity index (χ2n) is 7.51. The van der Waals surface area contributed by atoms with Gasteiger partial charge in [-0.05, 0) is 50.5 Å². The van der Waals surface area contributed by atoms with E-state index in [1.54, 1.807) is 11.2 Å². The van der Waals surface area contributed by atoms with Crippen molar-refractivity contribution in [2.75, 3.05) is 20.1 Å². The molecule has 6 nitrogen and oxygen atoms in total. The molecule has 2 amide bonds. The molecule has 0 aliphatic carbocycles. The fourth-order valence-electron chi connectivity index (χ4n) is 3.48. The van der Waals surface area contributed by atoms with Crippen LogP contribution >= 0.6 is 0 Å². The molecule has 0 aromatic carbocycles. The van der Waals surface area contributed by atoms with Crippen LogP contribution in [0, 0.1) is 6.92 Å². The van der Waals surface area contributed by atoms with Crippen molar-refractivity contribution < 1.29 is 9.21 Å². The number of carbonyl (C=O) groups excluding carboxylic acids is 1. The highest BCUT2D eigenvalue weighted by Crippen LogP contribution is 2.15. The summed E-state index contributed by atoms with van der Waals surface area (Å²) in [4.78, 5) is 21.2. The van der Waals surface area contributed by atoms with Gasteiger partial charge in [-0.3, -0.25) is 9.88 Å². The molecule has 1 atom stereocenters. The molecule has 27 heavy (non-hydrogen) atoms. The third-order valence-corrected chi connectivity index (χ3v) is 5.46. The minimum absolute atomic E-state index is 0.000527. The second kappa shape index (κ2) is 9.04. The zero-order chi connectivity index (χ0) is 19.2. The van der Waals surface area contributed by atoms with Crippen molar-refractivity contribution in [1.82, 2.24) is 20.1 Å². The molecule has 1 saturated heterocycles. The first-order valence-electron chi connectivity index (χ1n) is 9.71. The normalized spacial score (nSPS) is 16.9. The smallest absolute Gasteiger partial charge is 0.317 e. The lowest BCUT2D eigenvalue weighted by Gasteiger charge is -2.33. The Bertz CT molecular complexity index is 724. The quantitative estimate of drug-likeness (QED) is 0.848. The lowest BCUT2D eigenvalue weighted by atomic mass is 10.0. The lowest BCUT2D eigenvalue weighted by molar-refractivity contribution is 0.161. The predicted molar refractivity (Wildman–Crippen MR) is 105 cm³/mol. The SMILES string of the molecule is Cc1cccnc1C[C@H](C)N(C)C(=O)NC1CCN(Cc2ccco2)CC1. The molecule has 0 radical (unpaired) electrons. The first kappa shape index (κ1) is 19.4. The topological polar surface area (TPSA) is 61.6 Å². The number of hydrogen-bond donors (Lipinski definition) is 1. The summed E-state index contributed by atoms with van der Waals surface area (Å²) in [6.07, 6.45) is 6.22. The Morgan fingerprint density at radius 2 is 2.15 bits per heavy atom. The minimum Gasteiger partial charge on any atom is -0.468 e. The number of urea groups is 1. The number of nitrogens with zero attached hydrogens (tertiary/aromatic N) is 3. The van der Waals surface area contributed by atoms with Crippen LogP contribution in [0.15, 0.2) is 41.1 Å². The van der Waals surface area contributed by atoms with Crippen molar-refractivity contribution >= 4 is 6.03 Å². The van der Waals surface area contributed by atoms with Gasteiger partial charge in [0.2, 0.25) is 0 Å². The van der Waals surface area contributed by atoms with Gasteiger partial charge in [0.25, 0.3) is 0 Å². The highest BCUT2D eigenvalue weighted by molar-refractivity contribution is 5.74. The van der Waals surface area contributed by atoms with Gasteiger partial charge < -0.3 is 14.6 Å². The number of aromatic nitrogens is 1. The molecule has 3 rings (SSSR count). The molecular formula is C21H30N4O2. The molecule has 0 unspecified atom stereocenters. The molecular weight excluding hydrogens is 340 g/mol. The van der Waals surface area contributed by atoms with E-state index < -0.39 is 0 Å². The van der Waals surface area contributed by atoms with Gasteiger partial charge in [-0.1, -0.05) is 6.07 Å². The van der Waals surface area contributed by atoms with Crippen molar-refractivity contribution in [2.45, 2.75) is 51.7 Å². The summed E-state index contributed by atoms with van der Waals surface area (Å²) < 4.78 is 5.42. The summed E-state index contributed by atoms with van der Waals surface area (Å²) >= 11 is 0. The van der Waals surface area contributed by atoms with E-state index in [1.807, 2.05) is 31.4 Å². The Labute approximate surface area is 161 Å². The molecule has 0 saturated carbocycles. The maximum Gasteiger partial charge on any atom is 0.317 e. The van der Waals surface area contributed by atoms with Gasteiger partial charge in [0.15, 0.2) is 0 Å². The van der Waals surface area contributed by atoms with Gasteiger partial charge in [-0.25, -0.2) is 4.79 Å². The van der Waals surface area contributed by atoms with E-state index in [4.69, 9.17) is 4.42 Å². The monoisotopic (exact) mass is 370 g/mol. The van der Waals surface area contributed by atoms with Crippen molar-refractivity contribution in [3.05, 3.63) is 53.7 Å². The Morgan fingerprint density at radius 3 is 2.81 bits per heavy atom. The highest BCUT2D eigenvalue weighted by Gasteiger charge is 2.24. The minimum atomic E-state index is 0.000527. The van der Waals surface area contributed by atoms with E-state index in [2.05, 4.69) is 35.1 Å². The second-order valence-corrected chi connectivity index (χ2v) is 7.51. The average molecular weight is 370 g/mol. The van der Waals surface area contributed by atoms with Crippen LogP contribution in [0.4, 0.5) is 4.79 Å². The van der Waals surface area contributed by atoms with E-state index in [9.17, 15) is 4.79 Å². The predicted octanol–water partition coefficient (Wildman–Crippen LogP) is 3.22. The van der Waals surface area contributed by atoms with E-state index >= 15 is 0 Å². The summed E-state index contributed by atoms with van der Waals surface area (Å²) in [5, 5.41) is 3.20. The van der Waals surface area contributed by atoms with E-state index in [-0.39, 0.29) is 18.1 Å². The third kappa shape index (κ3) is 5.32. The summed E-state index contributed by atoms with van der Waals surface area (Å²) in [5.41, 5.74) is 2.22. The number of nitrogens with one attached hydrogen (secondary N) is 1. The third-order valence-electron chi connectivity index (χ3n) is 5.46. The number of furan rings is 1. The average Bonchev–Trinajstić information content (AvgIpc) is 3.17. The Hall–Kier alpha value is -2.34. The number of rotatable bonds is 6. The van der Waals surface area contributed by atoms with Crippen molar-refractivity contribution in [2.24, 2.45) is 0 Å². The molecule has 1 N–H and O–H groups in total. The molecule has 1 aliphatic rings. The van der Waals surface area contributed by atoms with Gasteiger partial charge in [0, 0.05) is 50.5 Å². The van der Waals surface area contributed by atoms with Crippen molar-refractivity contribution in [3.63, 3.8) is 0 Å². The maximum absolute atomic E-state index is 12.6. The standard InChI is InChI=1S/C21H30N4O2/c1-16-6-4-10-22-20(16)14-17(2)24(3)21(26)23-18-8-11-25(12-9-18)15-19-7-5-13-27-19/h4-7,10,13,17-18H,8-9,11-12,14-15H2,1-3H3,(H,23,26)/t17-/m0/s1. The van der Waals surface area contributed by atoms with Crippen LogP contribution < -0.4 is 5.32 Å². The molecule has 0 bridgehead atoms. The number of aryl methyl sites for hydroxylation is 1. The molecule has 3 heterocycles. The van der Waals surface area contributed by atoms with Crippen LogP contribution in [0.2, 0.25) is 0 Å². The fourth-order valence-corrected chi connectivity index (χ4v) is 3.48. The summed E-state index contributed by atoms with van der Waals surface area (Å²) in [6, 6.07) is 8.26. The number of hydrogen-bond acceptors (Lipinski definition) is 4. The van der Waals surface area contributed by atoms with Gasteiger partial charge in [0.1, 0.15) is 5.76 Å². The van der Waals surface area contributed by atoms with Crippen LogP contribution in [0.1, 0.15) is 36.8 Å². The van der Waals surface area contributed by atoms with E-state index in [0.717, 1.165) is 50.4 Å². The van der Waals surface area contributed by atoms with Crippen molar-refractivity contribution in [3.8, 4) is 0 Å². The maximum atomic E-state index is 12.6. The van der Waals surface area contributed by atoms with Gasteiger partial charge in [-0.2, -0.15) is 0 Å². The largest absolute Gasteiger partial charge is 0.468 e. The van der Waals surface area contributed by atoms with Crippen LogP contribution in [-0.2, 0) is 13.0 Å². The molecule has 1 aliphatic heterocycles. The number of piperidine rings is 1. The summed E-state index contributed by atoms with van der Waals surface area (Å²) in [6.45, 7) is 6.91. The first-order chi connectivity index (χ1) is 13.0. The molecule has 1 fully saturated rings. The van der Waals surface area contributed by atoms with Gasteiger partial charge >= 0.3 is 6.03 Å². The molecule has 2 aromatic heterocycles. The molecule has 146 valence electrons. The van der Waals surface area contributed by atoms with Gasteiger partial charge in [-0.15, -0.1) is 0 Å². The molecule has 2 aromatic rings. The van der Waals surface area contributed by atoms with Crippen LogP contribution in [0.3, 0.4) is 0 Å². The van der Waals surface area contributed by atoms with E-state index in [1.165, 1.54) is 5.56 Å². The number of likely N-dealkylation sites (tertiary alicyclic amines) is 1. The highest BCUT2D eigenvalue weighted by atomic mass is 16.3. The number of carbonyl (C=O) groups is 1. The lowest BCUT2D eigenvalue weighted by Crippen LogP contribution is -2.50. The number of likely N-dealkylation sites (N-methyl/N-ethyl adjacent to an activating group) is 1. The first-order valence-corrected chi connectivity index (χ1v) is 9.71. The fraction of sp³-hybridized carbons (Fsp3) is 0.524. The van der Waals surface area contributed by atoms with Crippen LogP contribution in [0.5, 0.6) is 0 Å². The Balaban J connectivity index is 1.44. The molecule has 6 heteroatoms. The summed E-state index contributed by atoms with van der Waals surface area (Å²) in [7, 11) is 1.87. The zero-order valence-corrected chi connectivity index (χ0v) is 16.5. The van der Waals surface area contributed by atoms with Gasteiger partial charge in [0.05, 0.1) is 12.8 Å². The van der Waals surface area contributed by atoms with E-state index in [0.29, 0.717) is 0 Å².